The quantitative estimate of drug-likeness (QED) is 0.405. The number of thioether (sulfide) groups is 1. The number of hydrogen-bond donors (Lipinski definition) is 1. The van der Waals surface area contributed by atoms with E-state index >= 15 is 0 Å². The van der Waals surface area contributed by atoms with Crippen molar-refractivity contribution in [3.8, 4) is 11.4 Å². The number of nitrogens with zero attached hydrogens (tertiary/aromatic N) is 3. The number of aromatic nitrogens is 4. The Morgan fingerprint density at radius 1 is 1.19 bits per heavy atom. The van der Waals surface area contributed by atoms with Gasteiger partial charge in [-0.05, 0) is 18.2 Å². The molecule has 2 aromatic carbocycles. The maximum atomic E-state index is 12.6. The Morgan fingerprint density at radius 3 is 2.88 bits per heavy atom. The van der Waals surface area contributed by atoms with Crippen LogP contribution in [0, 0.1) is 0 Å². The molecular weight excluding hydrogens is 368 g/mol. The maximum absolute atomic E-state index is 12.6. The number of carbonyl (C=O) groups is 1. The van der Waals surface area contributed by atoms with Crippen LogP contribution < -0.4 is 0 Å². The lowest BCUT2D eigenvalue weighted by Crippen LogP contribution is -2.03. The molecule has 0 aliphatic rings. The van der Waals surface area contributed by atoms with Gasteiger partial charge in [0, 0.05) is 40.3 Å². The molecular formula is C19H15ClN4OS. The summed E-state index contributed by atoms with van der Waals surface area (Å²) in [5, 5.41) is 10.7. The van der Waals surface area contributed by atoms with Crippen molar-refractivity contribution in [3.63, 3.8) is 0 Å². The third kappa shape index (κ3) is 3.13. The van der Waals surface area contributed by atoms with Crippen molar-refractivity contribution in [2.75, 3.05) is 5.75 Å². The Hall–Kier alpha value is -2.57. The van der Waals surface area contributed by atoms with E-state index in [2.05, 4.69) is 15.2 Å². The summed E-state index contributed by atoms with van der Waals surface area (Å²) in [5.74, 6) is 1.07. The van der Waals surface area contributed by atoms with Gasteiger partial charge in [0.1, 0.15) is 0 Å². The van der Waals surface area contributed by atoms with E-state index in [0.29, 0.717) is 21.5 Å². The molecule has 0 aliphatic heterocycles. The van der Waals surface area contributed by atoms with Gasteiger partial charge in [-0.15, -0.1) is 10.2 Å². The van der Waals surface area contributed by atoms with E-state index in [1.54, 1.807) is 6.20 Å². The van der Waals surface area contributed by atoms with E-state index in [9.17, 15) is 4.79 Å². The first-order valence-corrected chi connectivity index (χ1v) is 9.37. The molecule has 2 aromatic heterocycles. The fourth-order valence-electron chi connectivity index (χ4n) is 2.83. The third-order valence-electron chi connectivity index (χ3n) is 4.14. The molecule has 26 heavy (non-hydrogen) atoms. The Labute approximate surface area is 159 Å². The van der Waals surface area contributed by atoms with E-state index in [-0.39, 0.29) is 5.78 Å². The number of rotatable bonds is 5. The van der Waals surface area contributed by atoms with Gasteiger partial charge in [0.15, 0.2) is 16.8 Å². The number of halogens is 1. The molecule has 0 saturated heterocycles. The highest BCUT2D eigenvalue weighted by Gasteiger charge is 2.16. The number of nitrogens with one attached hydrogen (secondary N) is 1. The lowest BCUT2D eigenvalue weighted by molar-refractivity contribution is 0.102. The van der Waals surface area contributed by atoms with Gasteiger partial charge in [0.05, 0.1) is 5.75 Å². The summed E-state index contributed by atoms with van der Waals surface area (Å²) in [4.78, 5) is 15.7. The largest absolute Gasteiger partial charge is 0.360 e. The molecule has 5 nitrogen and oxygen atoms in total. The van der Waals surface area contributed by atoms with E-state index in [4.69, 9.17) is 11.6 Å². The number of hydrogen-bond acceptors (Lipinski definition) is 4. The zero-order valence-corrected chi connectivity index (χ0v) is 15.5. The number of ketones is 1. The second-order valence-electron chi connectivity index (χ2n) is 5.84. The fraction of sp³-hybridized carbons (Fsp3) is 0.105. The first-order valence-electron chi connectivity index (χ1n) is 8.01. The molecule has 4 rings (SSSR count). The van der Waals surface area contributed by atoms with Crippen LogP contribution in [0.25, 0.3) is 22.3 Å². The highest BCUT2D eigenvalue weighted by atomic mass is 35.5. The van der Waals surface area contributed by atoms with Crippen LogP contribution in [0.5, 0.6) is 0 Å². The minimum Gasteiger partial charge on any atom is -0.360 e. The third-order valence-corrected chi connectivity index (χ3v) is 5.40. The summed E-state index contributed by atoms with van der Waals surface area (Å²) in [7, 11) is 1.88. The molecule has 0 aliphatic carbocycles. The molecule has 7 heteroatoms. The number of benzene rings is 2. The molecule has 0 saturated carbocycles. The van der Waals surface area contributed by atoms with Crippen LogP contribution in [0.2, 0.25) is 5.02 Å². The summed E-state index contributed by atoms with van der Waals surface area (Å²) in [6.45, 7) is 0. The zero-order chi connectivity index (χ0) is 18.1. The minimum absolute atomic E-state index is 0.0553. The van der Waals surface area contributed by atoms with Gasteiger partial charge in [-0.2, -0.15) is 0 Å². The standard InChI is InChI=1S/C19H15ClN4OS/c1-24-18(12-5-4-6-13(20)9-12)22-23-19(24)26-11-17(25)15-10-21-16-8-3-2-7-14(15)16/h2-10,21H,11H2,1H3. The summed E-state index contributed by atoms with van der Waals surface area (Å²) < 4.78 is 1.87. The summed E-state index contributed by atoms with van der Waals surface area (Å²) >= 11 is 7.43. The monoisotopic (exact) mass is 382 g/mol. The highest BCUT2D eigenvalue weighted by molar-refractivity contribution is 7.99. The molecule has 2 heterocycles. The second kappa shape index (κ2) is 6.97. The van der Waals surface area contributed by atoms with Gasteiger partial charge in [0.2, 0.25) is 0 Å². The predicted molar refractivity (Wildman–Crippen MR) is 105 cm³/mol. The summed E-state index contributed by atoms with van der Waals surface area (Å²) in [6.07, 6.45) is 1.77. The number of H-pyrrole nitrogens is 1. The normalized spacial score (nSPS) is 11.2. The number of para-hydroxylation sites is 1. The van der Waals surface area contributed by atoms with Gasteiger partial charge in [-0.25, -0.2) is 0 Å². The maximum Gasteiger partial charge on any atom is 0.191 e. The van der Waals surface area contributed by atoms with Gasteiger partial charge in [-0.3, -0.25) is 4.79 Å². The first-order chi connectivity index (χ1) is 12.6. The SMILES string of the molecule is Cn1c(SCC(=O)c2c[nH]c3ccccc23)nnc1-c1cccc(Cl)c1. The molecule has 0 radical (unpaired) electrons. The number of carbonyl (C=O) groups excluding carboxylic acids is 1. The lowest BCUT2D eigenvalue weighted by Gasteiger charge is -2.04. The van der Waals surface area contributed by atoms with Gasteiger partial charge >= 0.3 is 0 Å². The fourth-order valence-corrected chi connectivity index (χ4v) is 3.81. The topological polar surface area (TPSA) is 63.6 Å². The predicted octanol–water partition coefficient (Wildman–Crippen LogP) is 4.59. The first kappa shape index (κ1) is 16.9. The van der Waals surface area contributed by atoms with Crippen molar-refractivity contribution in [2.45, 2.75) is 5.16 Å². The minimum atomic E-state index is 0.0553. The number of fused-ring (bicyclic) bond motifs is 1. The van der Waals surface area contributed by atoms with Gasteiger partial charge < -0.3 is 9.55 Å². The molecule has 0 bridgehead atoms. The van der Waals surface area contributed by atoms with Crippen LogP contribution in [0.4, 0.5) is 0 Å². The van der Waals surface area contributed by atoms with Crippen LogP contribution in [0.15, 0.2) is 59.9 Å². The Balaban J connectivity index is 1.53. The molecule has 1 N–H and O–H groups in total. The van der Waals surface area contributed by atoms with Gasteiger partial charge in [0.25, 0.3) is 0 Å². The van der Waals surface area contributed by atoms with Crippen molar-refractivity contribution in [1.82, 2.24) is 19.7 Å². The van der Waals surface area contributed by atoms with Crippen LogP contribution in [-0.4, -0.2) is 31.3 Å². The molecule has 0 fully saturated rings. The second-order valence-corrected chi connectivity index (χ2v) is 7.21. The van der Waals surface area contributed by atoms with E-state index < -0.39 is 0 Å². The highest BCUT2D eigenvalue weighted by Crippen LogP contribution is 2.26. The van der Waals surface area contributed by atoms with Gasteiger partial charge in [-0.1, -0.05) is 53.7 Å². The van der Waals surface area contributed by atoms with Crippen molar-refractivity contribution in [2.24, 2.45) is 7.05 Å². The van der Waals surface area contributed by atoms with Crippen LogP contribution >= 0.6 is 23.4 Å². The summed E-state index contributed by atoms with van der Waals surface area (Å²) in [5.41, 5.74) is 2.55. The number of aromatic amines is 1. The summed E-state index contributed by atoms with van der Waals surface area (Å²) in [6, 6.07) is 15.2. The van der Waals surface area contributed by atoms with Crippen molar-refractivity contribution >= 4 is 40.0 Å². The van der Waals surface area contributed by atoms with Crippen molar-refractivity contribution in [1.29, 1.82) is 0 Å². The Bertz CT molecular complexity index is 1100. The molecule has 130 valence electrons. The average molecular weight is 383 g/mol. The Kier molecular flexibility index (Phi) is 4.53. The van der Waals surface area contributed by atoms with E-state index in [1.807, 2.05) is 60.1 Å². The van der Waals surface area contributed by atoms with Crippen molar-refractivity contribution in [3.05, 3.63) is 65.3 Å². The molecule has 0 unspecified atom stereocenters. The number of Topliss-reactive ketones (excluding diaryl/α,β-unsaturated/α-hetero) is 1. The average Bonchev–Trinajstić information content (AvgIpc) is 3.23. The smallest absolute Gasteiger partial charge is 0.191 e. The van der Waals surface area contributed by atoms with E-state index in [0.717, 1.165) is 22.3 Å². The molecule has 0 amide bonds. The van der Waals surface area contributed by atoms with Crippen LogP contribution in [0.3, 0.4) is 0 Å². The zero-order valence-electron chi connectivity index (χ0n) is 13.9. The molecule has 0 atom stereocenters. The molecule has 0 spiro atoms. The Morgan fingerprint density at radius 2 is 2.04 bits per heavy atom. The molecule has 4 aromatic rings. The van der Waals surface area contributed by atoms with E-state index in [1.165, 1.54) is 11.8 Å². The van der Waals surface area contributed by atoms with Crippen LogP contribution in [-0.2, 0) is 7.05 Å². The van der Waals surface area contributed by atoms with Crippen molar-refractivity contribution < 1.29 is 4.79 Å². The van der Waals surface area contributed by atoms with Crippen LogP contribution in [0.1, 0.15) is 10.4 Å². The lowest BCUT2D eigenvalue weighted by atomic mass is 10.1.